The molecule has 0 spiro atoms. The number of likely N-dealkylation sites (tertiary alicyclic amines) is 1. The Kier molecular flexibility index (Phi) is 3.47. The normalized spacial score (nSPS) is 20.6. The van der Waals surface area contributed by atoms with Crippen molar-refractivity contribution in [3.8, 4) is 0 Å². The van der Waals surface area contributed by atoms with Crippen molar-refractivity contribution < 1.29 is 9.32 Å². The molecule has 2 rings (SSSR count). The first kappa shape index (κ1) is 12.1. The second-order valence-corrected chi connectivity index (χ2v) is 4.72. The first-order valence-corrected chi connectivity index (χ1v) is 6.03. The molecule has 17 heavy (non-hydrogen) atoms. The van der Waals surface area contributed by atoms with Gasteiger partial charge >= 0.3 is 0 Å². The zero-order chi connectivity index (χ0) is 12.4. The van der Waals surface area contributed by atoms with Gasteiger partial charge in [0.25, 0.3) is 0 Å². The van der Waals surface area contributed by atoms with E-state index < -0.39 is 0 Å². The molecule has 0 saturated carbocycles. The van der Waals surface area contributed by atoms with E-state index >= 15 is 0 Å². The summed E-state index contributed by atoms with van der Waals surface area (Å²) in [6.07, 6.45) is 2.37. The monoisotopic (exact) mass is 237 g/mol. The third kappa shape index (κ3) is 2.66. The Balaban J connectivity index is 2.01. The Bertz CT molecular complexity index is 394. The van der Waals surface area contributed by atoms with Gasteiger partial charge < -0.3 is 15.2 Å². The fourth-order valence-corrected chi connectivity index (χ4v) is 2.25. The third-order valence-electron chi connectivity index (χ3n) is 3.32. The largest absolute Gasteiger partial charge is 0.361 e. The van der Waals surface area contributed by atoms with Gasteiger partial charge in [-0.05, 0) is 26.7 Å². The minimum Gasteiger partial charge on any atom is -0.361 e. The molecule has 1 amide bonds. The van der Waals surface area contributed by atoms with Crippen molar-refractivity contribution in [1.29, 1.82) is 0 Å². The van der Waals surface area contributed by atoms with Crippen LogP contribution in [0.1, 0.15) is 29.9 Å². The van der Waals surface area contributed by atoms with E-state index in [4.69, 9.17) is 10.3 Å². The van der Waals surface area contributed by atoms with Crippen LogP contribution in [-0.4, -0.2) is 35.1 Å². The molecule has 1 aliphatic heterocycles. The van der Waals surface area contributed by atoms with Crippen molar-refractivity contribution in [3.63, 3.8) is 0 Å². The van der Waals surface area contributed by atoms with Crippen molar-refractivity contribution in [1.82, 2.24) is 10.1 Å². The Labute approximate surface area is 101 Å². The molecule has 2 N–H and O–H groups in total. The molecule has 1 aromatic rings. The van der Waals surface area contributed by atoms with Crippen LogP contribution in [0.4, 0.5) is 0 Å². The molecule has 94 valence electrons. The first-order chi connectivity index (χ1) is 8.08. The number of aromatic nitrogens is 1. The number of nitrogens with two attached hydrogens (primary N) is 1. The molecule has 0 aliphatic carbocycles. The topological polar surface area (TPSA) is 72.4 Å². The SMILES string of the molecule is Cc1noc(C)c1CC(=O)N1CCC[C@@H](N)C1. The van der Waals surface area contributed by atoms with Gasteiger partial charge in [0, 0.05) is 24.7 Å². The van der Waals surface area contributed by atoms with Crippen molar-refractivity contribution in [3.05, 3.63) is 17.0 Å². The van der Waals surface area contributed by atoms with Crippen LogP contribution < -0.4 is 5.73 Å². The van der Waals surface area contributed by atoms with Crippen molar-refractivity contribution in [2.45, 2.75) is 39.2 Å². The van der Waals surface area contributed by atoms with Crippen LogP contribution in [0, 0.1) is 13.8 Å². The van der Waals surface area contributed by atoms with E-state index in [1.165, 1.54) is 0 Å². The predicted molar refractivity (Wildman–Crippen MR) is 63.5 cm³/mol. The molecule has 0 bridgehead atoms. The molecule has 5 nitrogen and oxygen atoms in total. The molecule has 1 saturated heterocycles. The van der Waals surface area contributed by atoms with Crippen LogP contribution in [-0.2, 0) is 11.2 Å². The van der Waals surface area contributed by atoms with Crippen LogP contribution in [0.3, 0.4) is 0 Å². The lowest BCUT2D eigenvalue weighted by Crippen LogP contribution is -2.46. The van der Waals surface area contributed by atoms with Gasteiger partial charge in [-0.3, -0.25) is 4.79 Å². The summed E-state index contributed by atoms with van der Waals surface area (Å²) < 4.78 is 5.06. The Morgan fingerprint density at radius 1 is 1.59 bits per heavy atom. The van der Waals surface area contributed by atoms with Gasteiger partial charge in [-0.2, -0.15) is 0 Å². The van der Waals surface area contributed by atoms with E-state index in [2.05, 4.69) is 5.16 Å². The van der Waals surface area contributed by atoms with Gasteiger partial charge in [0.1, 0.15) is 5.76 Å². The maximum Gasteiger partial charge on any atom is 0.227 e. The molecule has 1 atom stereocenters. The highest BCUT2D eigenvalue weighted by Gasteiger charge is 2.23. The molecule has 1 fully saturated rings. The van der Waals surface area contributed by atoms with Crippen molar-refractivity contribution in [2.24, 2.45) is 5.73 Å². The van der Waals surface area contributed by atoms with Crippen LogP contribution in [0.5, 0.6) is 0 Å². The van der Waals surface area contributed by atoms with Crippen molar-refractivity contribution in [2.75, 3.05) is 13.1 Å². The summed E-state index contributed by atoms with van der Waals surface area (Å²) in [5, 5.41) is 3.86. The third-order valence-corrected chi connectivity index (χ3v) is 3.32. The van der Waals surface area contributed by atoms with Gasteiger partial charge in [0.15, 0.2) is 0 Å². The minimum absolute atomic E-state index is 0.120. The summed E-state index contributed by atoms with van der Waals surface area (Å²) >= 11 is 0. The fraction of sp³-hybridized carbons (Fsp3) is 0.667. The summed E-state index contributed by atoms with van der Waals surface area (Å²) in [6.45, 7) is 5.18. The highest BCUT2D eigenvalue weighted by molar-refractivity contribution is 5.79. The molecule has 5 heteroatoms. The van der Waals surface area contributed by atoms with Gasteiger partial charge in [-0.1, -0.05) is 5.16 Å². The lowest BCUT2D eigenvalue weighted by Gasteiger charge is -2.30. The Hall–Kier alpha value is -1.36. The van der Waals surface area contributed by atoms with Gasteiger partial charge in [-0.15, -0.1) is 0 Å². The number of carbonyl (C=O) groups is 1. The van der Waals surface area contributed by atoms with E-state index in [0.717, 1.165) is 36.4 Å². The summed E-state index contributed by atoms with van der Waals surface area (Å²) in [6, 6.07) is 0.123. The first-order valence-electron chi connectivity index (χ1n) is 6.03. The summed E-state index contributed by atoms with van der Waals surface area (Å²) in [5.41, 5.74) is 7.59. The molecule has 0 radical (unpaired) electrons. The van der Waals surface area contributed by atoms with Crippen LogP contribution in [0.2, 0.25) is 0 Å². The lowest BCUT2D eigenvalue weighted by atomic mass is 10.0. The number of hydrogen-bond donors (Lipinski definition) is 1. The number of aryl methyl sites for hydroxylation is 2. The maximum absolute atomic E-state index is 12.1. The van der Waals surface area contributed by atoms with Gasteiger partial charge in [-0.25, -0.2) is 0 Å². The molecule has 2 heterocycles. The highest BCUT2D eigenvalue weighted by atomic mass is 16.5. The summed E-state index contributed by atoms with van der Waals surface area (Å²) in [5.74, 6) is 0.853. The smallest absolute Gasteiger partial charge is 0.227 e. The second-order valence-electron chi connectivity index (χ2n) is 4.72. The number of nitrogens with zero attached hydrogens (tertiary/aromatic N) is 2. The molecule has 1 aromatic heterocycles. The van der Waals surface area contributed by atoms with Gasteiger partial charge in [0.05, 0.1) is 12.1 Å². The number of amides is 1. The summed E-state index contributed by atoms with van der Waals surface area (Å²) in [7, 11) is 0. The number of piperidine rings is 1. The van der Waals surface area contributed by atoms with Crippen LogP contribution in [0.15, 0.2) is 4.52 Å². The van der Waals surface area contributed by atoms with E-state index in [9.17, 15) is 4.79 Å². The van der Waals surface area contributed by atoms with Gasteiger partial charge in [0.2, 0.25) is 5.91 Å². The van der Waals surface area contributed by atoms with Crippen molar-refractivity contribution >= 4 is 5.91 Å². The summed E-state index contributed by atoms with van der Waals surface area (Å²) in [4.78, 5) is 14.0. The van der Waals surface area contributed by atoms with E-state index in [1.54, 1.807) is 0 Å². The average Bonchev–Trinajstić information content (AvgIpc) is 2.61. The van der Waals surface area contributed by atoms with E-state index in [-0.39, 0.29) is 11.9 Å². The Morgan fingerprint density at radius 2 is 2.35 bits per heavy atom. The Morgan fingerprint density at radius 3 is 2.94 bits per heavy atom. The number of carbonyl (C=O) groups excluding carboxylic acids is 1. The molecular formula is C12H19N3O2. The molecule has 0 aromatic carbocycles. The number of rotatable bonds is 2. The molecular weight excluding hydrogens is 218 g/mol. The molecule has 0 unspecified atom stereocenters. The zero-order valence-electron chi connectivity index (χ0n) is 10.4. The van der Waals surface area contributed by atoms with Crippen LogP contribution >= 0.6 is 0 Å². The second kappa shape index (κ2) is 4.87. The fourth-order valence-electron chi connectivity index (χ4n) is 2.25. The lowest BCUT2D eigenvalue weighted by molar-refractivity contribution is -0.131. The minimum atomic E-state index is 0.120. The number of hydrogen-bond acceptors (Lipinski definition) is 4. The quantitative estimate of drug-likeness (QED) is 0.825. The molecule has 1 aliphatic rings. The zero-order valence-corrected chi connectivity index (χ0v) is 10.4. The van der Waals surface area contributed by atoms with E-state index in [0.29, 0.717) is 13.0 Å². The highest BCUT2D eigenvalue weighted by Crippen LogP contribution is 2.16. The standard InChI is InChI=1S/C12H19N3O2/c1-8-11(9(2)17-14-8)6-12(16)15-5-3-4-10(13)7-15/h10H,3-7,13H2,1-2H3/t10-/m1/s1. The van der Waals surface area contributed by atoms with E-state index in [1.807, 2.05) is 18.7 Å². The average molecular weight is 237 g/mol. The predicted octanol–water partition coefficient (Wildman–Crippen LogP) is 0.784. The maximum atomic E-state index is 12.1. The van der Waals surface area contributed by atoms with Crippen LogP contribution in [0.25, 0.3) is 0 Å².